The molecule has 26 heavy (non-hydrogen) atoms. The van der Waals surface area contributed by atoms with Crippen molar-refractivity contribution in [3.05, 3.63) is 58.3 Å². The maximum Gasteiger partial charge on any atom is 0.225 e. The molecule has 0 saturated carbocycles. The molecule has 5 heteroatoms. The normalized spacial score (nSPS) is 14.2. The Morgan fingerprint density at radius 1 is 1.00 bits per heavy atom. The van der Waals surface area contributed by atoms with E-state index in [-0.39, 0.29) is 0 Å². The van der Waals surface area contributed by atoms with Crippen molar-refractivity contribution < 1.29 is 0 Å². The Hall–Kier alpha value is -2.40. The smallest absolute Gasteiger partial charge is 0.225 e. The van der Waals surface area contributed by atoms with E-state index in [4.69, 9.17) is 4.98 Å². The van der Waals surface area contributed by atoms with Crippen LogP contribution in [0.4, 0.5) is 11.8 Å². The number of thiophene rings is 1. The maximum atomic E-state index is 4.73. The Labute approximate surface area is 158 Å². The lowest BCUT2D eigenvalue weighted by atomic mass is 9.97. The second-order valence-corrected chi connectivity index (χ2v) is 7.66. The standard InChI is InChI=1S/C21H24N4S/c1-2-7-16(8-3-1)12-13-22-21-24-19-11-5-4-10-18(19)20(25-21)23-15-17-9-6-14-26-17/h4-7,9-11,14H,1-3,8,12-13,15H2,(H2,22,23,24,25). The highest BCUT2D eigenvalue weighted by Gasteiger charge is 2.08. The summed E-state index contributed by atoms with van der Waals surface area (Å²) in [5, 5.41) is 10.1. The molecule has 0 unspecified atom stereocenters. The zero-order valence-electron chi connectivity index (χ0n) is 14.9. The number of benzene rings is 1. The van der Waals surface area contributed by atoms with Gasteiger partial charge in [0.2, 0.25) is 5.95 Å². The zero-order valence-corrected chi connectivity index (χ0v) is 15.7. The van der Waals surface area contributed by atoms with E-state index in [2.05, 4.69) is 45.3 Å². The van der Waals surface area contributed by atoms with E-state index in [1.807, 2.05) is 18.2 Å². The molecule has 4 nitrogen and oxygen atoms in total. The van der Waals surface area contributed by atoms with E-state index in [9.17, 15) is 0 Å². The van der Waals surface area contributed by atoms with Crippen molar-refractivity contribution in [2.45, 2.75) is 38.6 Å². The van der Waals surface area contributed by atoms with Gasteiger partial charge in [0, 0.05) is 16.8 Å². The molecule has 3 aromatic rings. The summed E-state index contributed by atoms with van der Waals surface area (Å²) < 4.78 is 0. The zero-order chi connectivity index (χ0) is 17.6. The van der Waals surface area contributed by atoms with Crippen molar-refractivity contribution in [3.8, 4) is 0 Å². The lowest BCUT2D eigenvalue weighted by Crippen LogP contribution is -2.09. The summed E-state index contributed by atoms with van der Waals surface area (Å²) in [5.74, 6) is 1.59. The summed E-state index contributed by atoms with van der Waals surface area (Å²) in [4.78, 5) is 10.7. The van der Waals surface area contributed by atoms with Crippen LogP contribution in [0.25, 0.3) is 10.9 Å². The Morgan fingerprint density at radius 3 is 2.81 bits per heavy atom. The van der Waals surface area contributed by atoms with Crippen molar-refractivity contribution in [2.24, 2.45) is 0 Å². The molecule has 0 fully saturated rings. The van der Waals surface area contributed by atoms with E-state index < -0.39 is 0 Å². The first-order valence-electron chi connectivity index (χ1n) is 9.33. The molecule has 4 rings (SSSR count). The van der Waals surface area contributed by atoms with Crippen LogP contribution >= 0.6 is 11.3 Å². The highest BCUT2D eigenvalue weighted by atomic mass is 32.1. The fourth-order valence-electron chi connectivity index (χ4n) is 3.34. The first kappa shape index (κ1) is 17.0. The Morgan fingerprint density at radius 2 is 1.96 bits per heavy atom. The van der Waals surface area contributed by atoms with Gasteiger partial charge in [0.05, 0.1) is 12.1 Å². The van der Waals surface area contributed by atoms with E-state index in [0.29, 0.717) is 5.95 Å². The highest BCUT2D eigenvalue weighted by molar-refractivity contribution is 7.09. The van der Waals surface area contributed by atoms with Crippen LogP contribution in [0.2, 0.25) is 0 Å². The van der Waals surface area contributed by atoms with Crippen molar-refractivity contribution in [3.63, 3.8) is 0 Å². The van der Waals surface area contributed by atoms with Gasteiger partial charge in [0.25, 0.3) is 0 Å². The van der Waals surface area contributed by atoms with E-state index >= 15 is 0 Å². The number of nitrogens with zero attached hydrogens (tertiary/aromatic N) is 2. The van der Waals surface area contributed by atoms with Crippen molar-refractivity contribution in [1.82, 2.24) is 9.97 Å². The third-order valence-corrected chi connectivity index (χ3v) is 5.60. The second-order valence-electron chi connectivity index (χ2n) is 6.63. The van der Waals surface area contributed by atoms with E-state index in [1.54, 1.807) is 16.9 Å². The molecule has 0 bridgehead atoms. The van der Waals surface area contributed by atoms with Gasteiger partial charge in [-0.1, -0.05) is 29.8 Å². The summed E-state index contributed by atoms with van der Waals surface area (Å²) >= 11 is 1.75. The molecule has 0 radical (unpaired) electrons. The molecule has 2 N–H and O–H groups in total. The van der Waals surface area contributed by atoms with Gasteiger partial charge < -0.3 is 10.6 Å². The first-order valence-corrected chi connectivity index (χ1v) is 10.2. The van der Waals surface area contributed by atoms with Crippen molar-refractivity contribution in [1.29, 1.82) is 0 Å². The first-order chi connectivity index (χ1) is 12.9. The number of fused-ring (bicyclic) bond motifs is 1. The van der Waals surface area contributed by atoms with Crippen LogP contribution in [-0.4, -0.2) is 16.5 Å². The molecule has 0 atom stereocenters. The van der Waals surface area contributed by atoms with Crippen LogP contribution in [-0.2, 0) is 6.54 Å². The van der Waals surface area contributed by atoms with Gasteiger partial charge in [0.1, 0.15) is 5.82 Å². The molecule has 0 amide bonds. The highest BCUT2D eigenvalue weighted by Crippen LogP contribution is 2.24. The van der Waals surface area contributed by atoms with Gasteiger partial charge in [-0.2, -0.15) is 4.98 Å². The molecule has 1 aromatic carbocycles. The quantitative estimate of drug-likeness (QED) is 0.535. The average Bonchev–Trinajstić information content (AvgIpc) is 3.20. The minimum Gasteiger partial charge on any atom is -0.364 e. The molecule has 0 aliphatic heterocycles. The SMILES string of the molecule is C1=C(CCNc2nc(NCc3cccs3)c3ccccc3n2)CCCC1. The predicted octanol–water partition coefficient (Wildman–Crippen LogP) is 5.61. The molecule has 0 saturated heterocycles. The average molecular weight is 365 g/mol. The predicted molar refractivity (Wildman–Crippen MR) is 111 cm³/mol. The number of anilines is 2. The molecular formula is C21H24N4S. The van der Waals surface area contributed by atoms with Crippen LogP contribution in [0.1, 0.15) is 37.0 Å². The number of allylic oxidation sites excluding steroid dienone is 1. The van der Waals surface area contributed by atoms with Gasteiger partial charge in [0.15, 0.2) is 0 Å². The minimum absolute atomic E-state index is 0.703. The number of aromatic nitrogens is 2. The number of nitrogens with one attached hydrogen (secondary N) is 2. The molecule has 134 valence electrons. The molecular weight excluding hydrogens is 340 g/mol. The number of rotatable bonds is 7. The van der Waals surface area contributed by atoms with Gasteiger partial charge in [-0.3, -0.25) is 0 Å². The Balaban J connectivity index is 1.48. The van der Waals surface area contributed by atoms with Crippen molar-refractivity contribution >= 4 is 34.0 Å². The molecule has 0 spiro atoms. The molecule has 1 aliphatic rings. The fraction of sp³-hybridized carbons (Fsp3) is 0.333. The number of hydrogen-bond donors (Lipinski definition) is 2. The molecule has 2 aromatic heterocycles. The van der Waals surface area contributed by atoms with Crippen LogP contribution in [0.5, 0.6) is 0 Å². The molecule has 2 heterocycles. The van der Waals surface area contributed by atoms with Gasteiger partial charge in [-0.25, -0.2) is 4.98 Å². The lowest BCUT2D eigenvalue weighted by Gasteiger charge is -2.14. The maximum absolute atomic E-state index is 4.73. The van der Waals surface area contributed by atoms with Crippen molar-refractivity contribution in [2.75, 3.05) is 17.2 Å². The summed E-state index contributed by atoms with van der Waals surface area (Å²) in [6.45, 7) is 1.67. The van der Waals surface area contributed by atoms with Gasteiger partial charge in [-0.15, -0.1) is 11.3 Å². The summed E-state index contributed by atoms with van der Waals surface area (Å²) in [7, 11) is 0. The van der Waals surface area contributed by atoms with Crippen LogP contribution in [0, 0.1) is 0 Å². The fourth-order valence-corrected chi connectivity index (χ4v) is 3.99. The summed E-state index contributed by atoms with van der Waals surface area (Å²) in [6.07, 6.45) is 8.63. The van der Waals surface area contributed by atoms with Crippen LogP contribution < -0.4 is 10.6 Å². The number of hydrogen-bond acceptors (Lipinski definition) is 5. The number of para-hydroxylation sites is 1. The van der Waals surface area contributed by atoms with Crippen LogP contribution in [0.3, 0.4) is 0 Å². The molecule has 1 aliphatic carbocycles. The summed E-state index contributed by atoms with van der Waals surface area (Å²) in [5.41, 5.74) is 2.54. The topological polar surface area (TPSA) is 49.8 Å². The van der Waals surface area contributed by atoms with E-state index in [0.717, 1.165) is 36.2 Å². The third kappa shape index (κ3) is 4.22. The summed E-state index contributed by atoms with van der Waals surface area (Å²) in [6, 6.07) is 12.4. The lowest BCUT2D eigenvalue weighted by molar-refractivity contribution is 0.679. The van der Waals surface area contributed by atoms with E-state index in [1.165, 1.54) is 30.6 Å². The monoisotopic (exact) mass is 364 g/mol. The Bertz CT molecular complexity index is 886. The van der Waals surface area contributed by atoms with Gasteiger partial charge >= 0.3 is 0 Å². The van der Waals surface area contributed by atoms with Crippen LogP contribution in [0.15, 0.2) is 53.4 Å². The minimum atomic E-state index is 0.703. The Kier molecular flexibility index (Phi) is 5.45. The third-order valence-electron chi connectivity index (χ3n) is 4.73. The van der Waals surface area contributed by atoms with Gasteiger partial charge in [-0.05, 0) is 55.7 Å². The second kappa shape index (κ2) is 8.32. The largest absolute Gasteiger partial charge is 0.364 e.